The molecule has 3 aliphatic rings. The molecule has 7 nitrogen and oxygen atoms in total. The number of hydrogen-bond donors (Lipinski definition) is 2. The van der Waals surface area contributed by atoms with Crippen molar-refractivity contribution in [3.63, 3.8) is 0 Å². The number of aryl methyl sites for hydroxylation is 1. The van der Waals surface area contributed by atoms with Gasteiger partial charge < -0.3 is 20.7 Å². The summed E-state index contributed by atoms with van der Waals surface area (Å²) >= 11 is 0. The Bertz CT molecular complexity index is 781. The van der Waals surface area contributed by atoms with Crippen molar-refractivity contribution in [3.8, 4) is 5.75 Å². The van der Waals surface area contributed by atoms with Gasteiger partial charge in [0.25, 0.3) is 5.91 Å². The van der Waals surface area contributed by atoms with E-state index in [1.807, 2.05) is 13.0 Å². The number of likely N-dealkylation sites (tertiary alicyclic amines) is 2. The van der Waals surface area contributed by atoms with Crippen molar-refractivity contribution in [1.82, 2.24) is 20.0 Å². The number of piperidine rings is 2. The minimum atomic E-state index is -0.0204. The minimum Gasteiger partial charge on any atom is -0.492 e. The predicted molar refractivity (Wildman–Crippen MR) is 125 cm³/mol. The van der Waals surface area contributed by atoms with Crippen molar-refractivity contribution in [3.05, 3.63) is 22.8 Å². The summed E-state index contributed by atoms with van der Waals surface area (Å²) in [6.07, 6.45) is 5.41. The van der Waals surface area contributed by atoms with Crippen molar-refractivity contribution < 1.29 is 9.53 Å². The molecule has 0 radical (unpaired) electrons. The molecule has 172 valence electrons. The van der Waals surface area contributed by atoms with E-state index in [9.17, 15) is 4.79 Å². The number of rotatable bonds is 6. The van der Waals surface area contributed by atoms with Gasteiger partial charge in [-0.25, -0.2) is 0 Å². The molecule has 1 aromatic rings. The molecule has 0 aliphatic carbocycles. The highest BCUT2D eigenvalue weighted by molar-refractivity contribution is 5.99. The number of ether oxygens (including phenoxy) is 1. The number of anilines is 1. The Morgan fingerprint density at radius 3 is 2.52 bits per heavy atom. The van der Waals surface area contributed by atoms with Gasteiger partial charge in [-0.2, -0.15) is 0 Å². The molecule has 0 atom stereocenters. The van der Waals surface area contributed by atoms with E-state index in [4.69, 9.17) is 10.5 Å². The number of hydrogen-bond acceptors (Lipinski definition) is 6. The largest absolute Gasteiger partial charge is 0.492 e. The number of carbonyl (C=O) groups excluding carboxylic acids is 1. The van der Waals surface area contributed by atoms with Crippen molar-refractivity contribution >= 4 is 11.6 Å². The van der Waals surface area contributed by atoms with Gasteiger partial charge in [-0.05, 0) is 77.3 Å². The quantitative estimate of drug-likeness (QED) is 0.674. The van der Waals surface area contributed by atoms with Crippen LogP contribution in [0.5, 0.6) is 5.75 Å². The van der Waals surface area contributed by atoms with E-state index in [1.165, 1.54) is 32.5 Å². The molecule has 2 saturated heterocycles. The zero-order valence-corrected chi connectivity index (χ0v) is 19.5. The van der Waals surface area contributed by atoms with Gasteiger partial charge in [0, 0.05) is 43.3 Å². The van der Waals surface area contributed by atoms with Crippen molar-refractivity contribution in [2.24, 2.45) is 5.92 Å². The monoisotopic (exact) mass is 429 g/mol. The number of carbonyl (C=O) groups is 1. The van der Waals surface area contributed by atoms with Crippen LogP contribution in [0.4, 0.5) is 5.69 Å². The maximum Gasteiger partial charge on any atom is 0.255 e. The third-order valence-corrected chi connectivity index (χ3v) is 7.10. The lowest BCUT2D eigenvalue weighted by molar-refractivity contribution is 0.0859. The summed E-state index contributed by atoms with van der Waals surface area (Å²) in [4.78, 5) is 20.4. The molecule has 0 saturated carbocycles. The van der Waals surface area contributed by atoms with E-state index < -0.39 is 0 Å². The molecule has 4 rings (SSSR count). The number of benzene rings is 1. The van der Waals surface area contributed by atoms with Gasteiger partial charge in [-0.1, -0.05) is 0 Å². The Morgan fingerprint density at radius 1 is 1.16 bits per heavy atom. The molecule has 0 bridgehead atoms. The summed E-state index contributed by atoms with van der Waals surface area (Å²) in [5, 5.41) is 3.26. The van der Waals surface area contributed by atoms with Crippen molar-refractivity contribution in [1.29, 1.82) is 0 Å². The van der Waals surface area contributed by atoms with Gasteiger partial charge in [0.2, 0.25) is 0 Å². The number of nitrogens with two attached hydrogens (primary N) is 1. The van der Waals surface area contributed by atoms with Gasteiger partial charge in [-0.15, -0.1) is 0 Å². The van der Waals surface area contributed by atoms with E-state index in [1.54, 1.807) is 0 Å². The van der Waals surface area contributed by atoms with Gasteiger partial charge in [0.1, 0.15) is 5.75 Å². The fraction of sp³-hybridized carbons (Fsp3) is 0.708. The number of amides is 1. The fourth-order valence-electron chi connectivity index (χ4n) is 5.32. The Kier molecular flexibility index (Phi) is 7.04. The normalized spacial score (nSPS) is 21.3. The Morgan fingerprint density at radius 2 is 1.84 bits per heavy atom. The van der Waals surface area contributed by atoms with Crippen LogP contribution in [0.3, 0.4) is 0 Å². The molecular weight excluding hydrogens is 390 g/mol. The van der Waals surface area contributed by atoms with Crippen LogP contribution in [-0.2, 0) is 6.42 Å². The molecule has 1 aromatic carbocycles. The van der Waals surface area contributed by atoms with E-state index in [2.05, 4.69) is 34.1 Å². The summed E-state index contributed by atoms with van der Waals surface area (Å²) in [6.45, 7) is 9.40. The molecular formula is C24H39N5O2. The van der Waals surface area contributed by atoms with Crippen LogP contribution >= 0.6 is 0 Å². The highest BCUT2D eigenvalue weighted by Gasteiger charge is 2.28. The van der Waals surface area contributed by atoms with E-state index in [-0.39, 0.29) is 11.9 Å². The average molecular weight is 430 g/mol. The van der Waals surface area contributed by atoms with E-state index >= 15 is 0 Å². The zero-order chi connectivity index (χ0) is 22.0. The summed E-state index contributed by atoms with van der Waals surface area (Å²) in [6, 6.07) is 2.12. The first kappa shape index (κ1) is 22.4. The minimum absolute atomic E-state index is 0.0204. The number of nitrogen functional groups attached to an aromatic ring is 1. The molecule has 0 aromatic heterocycles. The molecule has 3 N–H and O–H groups in total. The summed E-state index contributed by atoms with van der Waals surface area (Å²) in [5.41, 5.74) is 9.55. The molecule has 3 heterocycles. The lowest BCUT2D eigenvalue weighted by atomic mass is 9.94. The maximum absolute atomic E-state index is 13.0. The first-order chi connectivity index (χ1) is 14.9. The lowest BCUT2D eigenvalue weighted by Gasteiger charge is -2.38. The third kappa shape index (κ3) is 5.33. The average Bonchev–Trinajstić information content (AvgIpc) is 3.23. The molecule has 7 heteroatoms. The fourth-order valence-corrected chi connectivity index (χ4v) is 5.32. The van der Waals surface area contributed by atoms with Crippen LogP contribution in [0, 0.1) is 12.8 Å². The lowest BCUT2D eigenvalue weighted by Crippen LogP contribution is -2.47. The summed E-state index contributed by atoms with van der Waals surface area (Å²) in [7, 11) is 4.29. The topological polar surface area (TPSA) is 74.1 Å². The standard InChI is InChI=1S/C24H39N5O2/c1-17-14-21(23-20(22(17)25)8-13-31-23)24(30)26-19-6-11-28(12-7-19)15-18-4-9-29(10-5-18)16-27(2)3/h14,18-19H,4-13,15-16,25H2,1-3H3,(H,26,30). The van der Waals surface area contributed by atoms with Gasteiger partial charge >= 0.3 is 0 Å². The molecule has 0 unspecified atom stereocenters. The Labute approximate surface area is 186 Å². The van der Waals surface area contributed by atoms with Crippen LogP contribution in [-0.4, -0.2) is 86.7 Å². The van der Waals surface area contributed by atoms with Gasteiger partial charge in [-0.3, -0.25) is 14.6 Å². The van der Waals surface area contributed by atoms with Crippen LogP contribution in [0.15, 0.2) is 6.07 Å². The second-order valence-electron chi connectivity index (χ2n) is 9.89. The van der Waals surface area contributed by atoms with Gasteiger partial charge in [0.15, 0.2) is 0 Å². The third-order valence-electron chi connectivity index (χ3n) is 7.10. The first-order valence-electron chi connectivity index (χ1n) is 11.9. The summed E-state index contributed by atoms with van der Waals surface area (Å²) in [5.74, 6) is 1.48. The summed E-state index contributed by atoms with van der Waals surface area (Å²) < 4.78 is 5.75. The zero-order valence-electron chi connectivity index (χ0n) is 19.5. The van der Waals surface area contributed by atoms with Crippen molar-refractivity contribution in [2.45, 2.75) is 45.1 Å². The smallest absolute Gasteiger partial charge is 0.255 e. The Hall–Kier alpha value is -1.83. The molecule has 2 fully saturated rings. The highest BCUT2D eigenvalue weighted by atomic mass is 16.5. The maximum atomic E-state index is 13.0. The van der Waals surface area contributed by atoms with E-state index in [0.29, 0.717) is 17.9 Å². The van der Waals surface area contributed by atoms with Crippen LogP contribution < -0.4 is 15.8 Å². The van der Waals surface area contributed by atoms with Crippen LogP contribution in [0.1, 0.15) is 47.2 Å². The highest BCUT2D eigenvalue weighted by Crippen LogP contribution is 2.36. The van der Waals surface area contributed by atoms with Gasteiger partial charge in [0.05, 0.1) is 18.8 Å². The molecule has 31 heavy (non-hydrogen) atoms. The van der Waals surface area contributed by atoms with Crippen LogP contribution in [0.25, 0.3) is 0 Å². The van der Waals surface area contributed by atoms with E-state index in [0.717, 1.165) is 61.8 Å². The Balaban J connectivity index is 1.24. The second-order valence-corrected chi connectivity index (χ2v) is 9.89. The predicted octanol–water partition coefficient (Wildman–Crippen LogP) is 1.94. The number of nitrogens with zero attached hydrogens (tertiary/aromatic N) is 3. The molecule has 0 spiro atoms. The first-order valence-corrected chi connectivity index (χ1v) is 11.9. The SMILES string of the molecule is Cc1cc(C(=O)NC2CCN(CC3CCN(CN(C)C)CC3)CC2)c2c(c1N)CCO2. The molecule has 1 amide bonds. The number of nitrogens with one attached hydrogen (secondary N) is 1. The van der Waals surface area contributed by atoms with Crippen molar-refractivity contribution in [2.75, 3.05) is 65.8 Å². The molecule has 3 aliphatic heterocycles. The van der Waals surface area contributed by atoms with Crippen LogP contribution in [0.2, 0.25) is 0 Å². The number of fused-ring (bicyclic) bond motifs is 1. The second kappa shape index (κ2) is 9.76.